The normalized spacial score (nSPS) is 10.1. The maximum Gasteiger partial charge on any atom is 0.170 e. The first-order valence-electron chi connectivity index (χ1n) is 8.12. The van der Waals surface area contributed by atoms with Crippen LogP contribution in [-0.4, -0.2) is 25.4 Å². The van der Waals surface area contributed by atoms with Gasteiger partial charge in [-0.3, -0.25) is 0 Å². The quantitative estimate of drug-likeness (QED) is 0.559. The second-order valence-corrected chi connectivity index (χ2v) is 5.71. The van der Waals surface area contributed by atoms with E-state index in [1.54, 1.807) is 7.11 Å². The van der Waals surface area contributed by atoms with Crippen molar-refractivity contribution in [3.63, 3.8) is 0 Å². The Balaban J connectivity index is 1.72. The highest BCUT2D eigenvalue weighted by molar-refractivity contribution is 7.80. The average molecular weight is 344 g/mol. The van der Waals surface area contributed by atoms with Gasteiger partial charge >= 0.3 is 0 Å². The van der Waals surface area contributed by atoms with Crippen molar-refractivity contribution in [2.24, 2.45) is 0 Å². The highest BCUT2D eigenvalue weighted by atomic mass is 32.1. The van der Waals surface area contributed by atoms with E-state index < -0.39 is 0 Å². The van der Waals surface area contributed by atoms with Crippen LogP contribution in [0.2, 0.25) is 0 Å². The molecule has 24 heavy (non-hydrogen) atoms. The standard InChI is InChI=1S/C19H24N2O2S/c1-3-23-18-11-5-9-16(14-18)21-19(24)20-12-6-8-15-7-4-10-17(13-15)22-2/h4-5,7,9-11,13-14H,3,6,8,12H2,1-2H3,(H2,20,21,24). The zero-order chi connectivity index (χ0) is 17.2. The van der Waals surface area contributed by atoms with Gasteiger partial charge < -0.3 is 20.1 Å². The van der Waals surface area contributed by atoms with Gasteiger partial charge in [0.2, 0.25) is 0 Å². The van der Waals surface area contributed by atoms with Gasteiger partial charge in [0.05, 0.1) is 13.7 Å². The van der Waals surface area contributed by atoms with Crippen LogP contribution in [0.4, 0.5) is 5.69 Å². The summed E-state index contributed by atoms with van der Waals surface area (Å²) in [5.74, 6) is 1.73. The third kappa shape index (κ3) is 6.08. The molecule has 0 radical (unpaired) electrons. The first-order chi connectivity index (χ1) is 11.7. The molecule has 0 fully saturated rings. The van der Waals surface area contributed by atoms with Crippen LogP contribution in [0.5, 0.6) is 11.5 Å². The van der Waals surface area contributed by atoms with Crippen molar-refractivity contribution < 1.29 is 9.47 Å². The highest BCUT2D eigenvalue weighted by Crippen LogP contribution is 2.17. The van der Waals surface area contributed by atoms with Crippen molar-refractivity contribution >= 4 is 23.0 Å². The summed E-state index contributed by atoms with van der Waals surface area (Å²) in [7, 11) is 1.69. The van der Waals surface area contributed by atoms with Crippen molar-refractivity contribution in [1.82, 2.24) is 5.32 Å². The van der Waals surface area contributed by atoms with Gasteiger partial charge in [0, 0.05) is 18.3 Å². The fraction of sp³-hybridized carbons (Fsp3) is 0.316. The molecule has 0 saturated heterocycles. The number of hydrogen-bond donors (Lipinski definition) is 2. The minimum absolute atomic E-state index is 0.620. The first kappa shape index (κ1) is 18.1. The van der Waals surface area contributed by atoms with E-state index >= 15 is 0 Å². The molecule has 0 heterocycles. The van der Waals surface area contributed by atoms with E-state index in [-0.39, 0.29) is 0 Å². The van der Waals surface area contributed by atoms with E-state index in [1.807, 2.05) is 43.3 Å². The van der Waals surface area contributed by atoms with Crippen molar-refractivity contribution in [3.8, 4) is 11.5 Å². The maximum atomic E-state index is 5.48. The molecule has 0 spiro atoms. The lowest BCUT2D eigenvalue weighted by Gasteiger charge is -2.12. The van der Waals surface area contributed by atoms with E-state index in [2.05, 4.69) is 22.8 Å². The Morgan fingerprint density at radius 3 is 2.67 bits per heavy atom. The van der Waals surface area contributed by atoms with Gasteiger partial charge in [-0.15, -0.1) is 0 Å². The molecule has 128 valence electrons. The fourth-order valence-electron chi connectivity index (χ4n) is 2.33. The monoisotopic (exact) mass is 344 g/mol. The fourth-order valence-corrected chi connectivity index (χ4v) is 2.55. The summed E-state index contributed by atoms with van der Waals surface area (Å²) in [4.78, 5) is 0. The van der Waals surface area contributed by atoms with Crippen LogP contribution in [0.15, 0.2) is 48.5 Å². The summed E-state index contributed by atoms with van der Waals surface area (Å²) in [5.41, 5.74) is 2.19. The number of ether oxygens (including phenoxy) is 2. The smallest absolute Gasteiger partial charge is 0.170 e. The Hall–Kier alpha value is -2.27. The Bertz CT molecular complexity index is 661. The number of methoxy groups -OCH3 is 1. The molecule has 5 heteroatoms. The maximum absolute atomic E-state index is 5.48. The highest BCUT2D eigenvalue weighted by Gasteiger charge is 2.00. The SMILES string of the molecule is CCOc1cccc(NC(=S)NCCCc2cccc(OC)c2)c1. The van der Waals surface area contributed by atoms with Crippen molar-refractivity contribution in [2.45, 2.75) is 19.8 Å². The zero-order valence-electron chi connectivity index (χ0n) is 14.2. The summed E-state index contributed by atoms with van der Waals surface area (Å²) in [6.07, 6.45) is 1.97. The molecule has 0 saturated carbocycles. The van der Waals surface area contributed by atoms with Crippen LogP contribution in [0.25, 0.3) is 0 Å². The molecule has 2 aromatic rings. The third-order valence-corrected chi connectivity index (χ3v) is 3.71. The molecular weight excluding hydrogens is 320 g/mol. The van der Waals surface area contributed by atoms with Gasteiger partial charge in [0.1, 0.15) is 11.5 Å². The molecule has 4 nitrogen and oxygen atoms in total. The van der Waals surface area contributed by atoms with Crippen molar-refractivity contribution in [3.05, 3.63) is 54.1 Å². The third-order valence-electron chi connectivity index (χ3n) is 3.46. The van der Waals surface area contributed by atoms with Gasteiger partial charge in [0.15, 0.2) is 5.11 Å². The molecule has 0 aromatic heterocycles. The zero-order valence-corrected chi connectivity index (χ0v) is 15.0. The number of nitrogens with one attached hydrogen (secondary N) is 2. The molecule has 0 unspecified atom stereocenters. The molecule has 0 bridgehead atoms. The van der Waals surface area contributed by atoms with Crippen LogP contribution < -0.4 is 20.1 Å². The number of benzene rings is 2. The molecule has 0 aliphatic carbocycles. The average Bonchev–Trinajstić information content (AvgIpc) is 2.59. The molecule has 0 atom stereocenters. The van der Waals surface area contributed by atoms with Gasteiger partial charge in [-0.2, -0.15) is 0 Å². The van der Waals surface area contributed by atoms with Crippen molar-refractivity contribution in [2.75, 3.05) is 25.6 Å². The summed E-state index contributed by atoms with van der Waals surface area (Å²) < 4.78 is 10.7. The second kappa shape index (κ2) is 9.78. The van der Waals surface area contributed by atoms with E-state index in [1.165, 1.54) is 5.56 Å². The largest absolute Gasteiger partial charge is 0.497 e. The van der Waals surface area contributed by atoms with Crippen LogP contribution >= 0.6 is 12.2 Å². The minimum Gasteiger partial charge on any atom is -0.497 e. The first-order valence-corrected chi connectivity index (χ1v) is 8.52. The molecular formula is C19H24N2O2S. The number of anilines is 1. The van der Waals surface area contributed by atoms with Crippen LogP contribution in [-0.2, 0) is 6.42 Å². The number of thiocarbonyl (C=S) groups is 1. The molecule has 2 N–H and O–H groups in total. The van der Waals surface area contributed by atoms with E-state index in [0.717, 1.165) is 36.6 Å². The van der Waals surface area contributed by atoms with Crippen LogP contribution in [0, 0.1) is 0 Å². The summed E-state index contributed by atoms with van der Waals surface area (Å²) in [6.45, 7) is 3.43. The summed E-state index contributed by atoms with van der Waals surface area (Å²) in [5, 5.41) is 7.03. The van der Waals surface area contributed by atoms with E-state index in [9.17, 15) is 0 Å². The predicted octanol–water partition coefficient (Wildman–Crippen LogP) is 4.01. The molecule has 0 aliphatic heterocycles. The Labute approximate surface area is 149 Å². The van der Waals surface area contributed by atoms with Crippen LogP contribution in [0.3, 0.4) is 0 Å². The Morgan fingerprint density at radius 1 is 1.08 bits per heavy atom. The topological polar surface area (TPSA) is 42.5 Å². The minimum atomic E-state index is 0.620. The molecule has 0 amide bonds. The number of hydrogen-bond acceptors (Lipinski definition) is 3. The van der Waals surface area contributed by atoms with Gasteiger partial charge in [0.25, 0.3) is 0 Å². The number of rotatable bonds is 8. The summed E-state index contributed by atoms with van der Waals surface area (Å²) in [6, 6.07) is 15.9. The lowest BCUT2D eigenvalue weighted by Crippen LogP contribution is -2.29. The van der Waals surface area contributed by atoms with Crippen molar-refractivity contribution in [1.29, 1.82) is 0 Å². The van der Waals surface area contributed by atoms with Gasteiger partial charge in [-0.1, -0.05) is 18.2 Å². The van der Waals surface area contributed by atoms with Crippen LogP contribution in [0.1, 0.15) is 18.9 Å². The van der Waals surface area contributed by atoms with Gasteiger partial charge in [-0.05, 0) is 61.8 Å². The second-order valence-electron chi connectivity index (χ2n) is 5.30. The van der Waals surface area contributed by atoms with E-state index in [0.29, 0.717) is 11.7 Å². The van der Waals surface area contributed by atoms with Gasteiger partial charge in [-0.25, -0.2) is 0 Å². The Morgan fingerprint density at radius 2 is 1.88 bits per heavy atom. The molecule has 2 aromatic carbocycles. The van der Waals surface area contributed by atoms with E-state index in [4.69, 9.17) is 21.7 Å². The predicted molar refractivity (Wildman–Crippen MR) is 103 cm³/mol. The summed E-state index contributed by atoms with van der Waals surface area (Å²) >= 11 is 5.33. The number of aryl methyl sites for hydroxylation is 1. The molecule has 2 rings (SSSR count). The molecule has 0 aliphatic rings. The Kier molecular flexibility index (Phi) is 7.36. The lowest BCUT2D eigenvalue weighted by atomic mass is 10.1. The lowest BCUT2D eigenvalue weighted by molar-refractivity contribution is 0.340.